The van der Waals surface area contributed by atoms with Crippen molar-refractivity contribution in [2.45, 2.75) is 13.0 Å². The molecule has 1 aliphatic heterocycles. The summed E-state index contributed by atoms with van der Waals surface area (Å²) in [6.07, 6.45) is 0. The first-order chi connectivity index (χ1) is 13.6. The maximum atomic E-state index is 12.8. The smallest absolute Gasteiger partial charge is 0.337 e. The maximum Gasteiger partial charge on any atom is 0.337 e. The topological polar surface area (TPSA) is 67.9 Å². The van der Waals surface area contributed by atoms with Crippen LogP contribution in [0.1, 0.15) is 37.9 Å². The molecule has 0 aliphatic carbocycles. The minimum atomic E-state index is -0.420. The summed E-state index contributed by atoms with van der Waals surface area (Å²) in [6.45, 7) is 5.89. The lowest BCUT2D eigenvalue weighted by atomic mass is 10.0. The number of morpholine rings is 1. The Balaban J connectivity index is 1.74. The molecule has 148 valence electrons. The summed E-state index contributed by atoms with van der Waals surface area (Å²) in [6, 6.07) is 14.6. The minimum Gasteiger partial charge on any atom is -0.465 e. The van der Waals surface area contributed by atoms with Crippen LogP contribution in [0.4, 0.5) is 0 Å². The summed E-state index contributed by atoms with van der Waals surface area (Å²) >= 11 is 0. The highest BCUT2D eigenvalue weighted by Gasteiger charge is 2.21. The van der Waals surface area contributed by atoms with Crippen molar-refractivity contribution in [1.82, 2.24) is 10.2 Å². The van der Waals surface area contributed by atoms with Crippen molar-refractivity contribution in [2.75, 3.05) is 40.0 Å². The lowest BCUT2D eigenvalue weighted by Gasteiger charge is -2.31. The van der Waals surface area contributed by atoms with Gasteiger partial charge in [0.05, 0.1) is 31.9 Å². The van der Waals surface area contributed by atoms with Crippen LogP contribution in [-0.2, 0) is 9.47 Å². The third-order valence-electron chi connectivity index (χ3n) is 4.90. The molecule has 1 fully saturated rings. The fraction of sp³-hybridized carbons (Fsp3) is 0.364. The van der Waals surface area contributed by atoms with Crippen LogP contribution in [0.5, 0.6) is 0 Å². The first-order valence-corrected chi connectivity index (χ1v) is 9.42. The van der Waals surface area contributed by atoms with E-state index in [1.807, 2.05) is 6.92 Å². The zero-order chi connectivity index (χ0) is 19.9. The Morgan fingerprint density at radius 2 is 1.64 bits per heavy atom. The number of hydrogen-bond acceptors (Lipinski definition) is 5. The Bertz CT molecular complexity index is 796. The summed E-state index contributed by atoms with van der Waals surface area (Å²) in [5, 5.41) is 3.14. The van der Waals surface area contributed by atoms with Gasteiger partial charge < -0.3 is 14.8 Å². The first kappa shape index (κ1) is 20.0. The van der Waals surface area contributed by atoms with Gasteiger partial charge in [0, 0.05) is 25.2 Å². The highest BCUT2D eigenvalue weighted by molar-refractivity contribution is 5.96. The number of nitrogens with one attached hydrogen (secondary N) is 1. The van der Waals surface area contributed by atoms with Crippen LogP contribution in [0.15, 0.2) is 48.5 Å². The van der Waals surface area contributed by atoms with Gasteiger partial charge in [0.2, 0.25) is 0 Å². The predicted octanol–water partition coefficient (Wildman–Crippen LogP) is 2.58. The Morgan fingerprint density at radius 3 is 2.25 bits per heavy atom. The van der Waals surface area contributed by atoms with Crippen LogP contribution in [0.3, 0.4) is 0 Å². The third kappa shape index (κ3) is 5.18. The molecular weight excluding hydrogens is 356 g/mol. The van der Waals surface area contributed by atoms with Crippen LogP contribution in [0.25, 0.3) is 0 Å². The van der Waals surface area contributed by atoms with E-state index in [2.05, 4.69) is 34.5 Å². The zero-order valence-corrected chi connectivity index (χ0v) is 16.3. The fourth-order valence-electron chi connectivity index (χ4n) is 3.19. The molecule has 0 aromatic heterocycles. The summed E-state index contributed by atoms with van der Waals surface area (Å²) in [4.78, 5) is 26.7. The summed E-state index contributed by atoms with van der Waals surface area (Å²) < 4.78 is 10.1. The number of amides is 1. The van der Waals surface area contributed by atoms with Gasteiger partial charge in [-0.3, -0.25) is 9.69 Å². The lowest BCUT2D eigenvalue weighted by Crippen LogP contribution is -2.43. The van der Waals surface area contributed by atoms with Gasteiger partial charge in [-0.05, 0) is 36.8 Å². The van der Waals surface area contributed by atoms with Crippen molar-refractivity contribution in [2.24, 2.45) is 0 Å². The molecule has 6 nitrogen and oxygen atoms in total. The molecule has 2 aromatic carbocycles. The molecule has 0 unspecified atom stereocenters. The van der Waals surface area contributed by atoms with Crippen molar-refractivity contribution in [3.8, 4) is 0 Å². The third-order valence-corrected chi connectivity index (χ3v) is 4.90. The number of rotatable bonds is 6. The Labute approximate surface area is 165 Å². The van der Waals surface area contributed by atoms with Gasteiger partial charge >= 0.3 is 5.97 Å². The molecule has 1 saturated heterocycles. The van der Waals surface area contributed by atoms with Gasteiger partial charge in [0.15, 0.2) is 0 Å². The summed E-state index contributed by atoms with van der Waals surface area (Å²) in [5.41, 5.74) is 3.17. The van der Waals surface area contributed by atoms with E-state index in [-0.39, 0.29) is 11.9 Å². The number of methoxy groups -OCH3 is 1. The standard InChI is InChI=1S/C22H26N2O4/c1-16-3-5-17(6-4-16)20(15-24-11-13-28-14-12-24)23-21(25)18-7-9-19(10-8-18)22(26)27-2/h3-10,20H,11-15H2,1-2H3,(H,23,25)/t20-/m0/s1. The van der Waals surface area contributed by atoms with E-state index in [1.54, 1.807) is 24.3 Å². The quantitative estimate of drug-likeness (QED) is 0.778. The number of carbonyl (C=O) groups is 2. The lowest BCUT2D eigenvalue weighted by molar-refractivity contribution is 0.0332. The zero-order valence-electron chi connectivity index (χ0n) is 16.3. The second kappa shape index (κ2) is 9.48. The maximum absolute atomic E-state index is 12.8. The molecule has 0 radical (unpaired) electrons. The number of benzene rings is 2. The molecule has 1 heterocycles. The van der Waals surface area contributed by atoms with E-state index in [1.165, 1.54) is 12.7 Å². The second-order valence-electron chi connectivity index (χ2n) is 6.92. The molecule has 0 bridgehead atoms. The molecule has 0 spiro atoms. The monoisotopic (exact) mass is 382 g/mol. The van der Waals surface area contributed by atoms with Crippen molar-refractivity contribution < 1.29 is 19.1 Å². The van der Waals surface area contributed by atoms with Crippen molar-refractivity contribution >= 4 is 11.9 Å². The molecule has 1 N–H and O–H groups in total. The van der Waals surface area contributed by atoms with E-state index in [9.17, 15) is 9.59 Å². The molecule has 3 rings (SSSR count). The molecule has 2 aromatic rings. The van der Waals surface area contributed by atoms with Gasteiger partial charge in [-0.15, -0.1) is 0 Å². The number of aryl methyl sites for hydroxylation is 1. The SMILES string of the molecule is COC(=O)c1ccc(C(=O)N[C@@H](CN2CCOCC2)c2ccc(C)cc2)cc1. The van der Waals surface area contributed by atoms with E-state index in [4.69, 9.17) is 9.47 Å². The molecule has 1 atom stereocenters. The number of carbonyl (C=O) groups excluding carboxylic acids is 2. The highest BCUT2D eigenvalue weighted by Crippen LogP contribution is 2.18. The van der Waals surface area contributed by atoms with Crippen molar-refractivity contribution in [1.29, 1.82) is 0 Å². The molecule has 1 amide bonds. The van der Waals surface area contributed by atoms with Crippen LogP contribution in [0, 0.1) is 6.92 Å². The van der Waals surface area contributed by atoms with Crippen molar-refractivity contribution in [3.05, 3.63) is 70.8 Å². The largest absolute Gasteiger partial charge is 0.465 e. The van der Waals surface area contributed by atoms with Crippen LogP contribution < -0.4 is 5.32 Å². The van der Waals surface area contributed by atoms with E-state index >= 15 is 0 Å². The fourth-order valence-corrected chi connectivity index (χ4v) is 3.19. The number of nitrogens with zero attached hydrogens (tertiary/aromatic N) is 1. The normalized spacial score (nSPS) is 15.6. The van der Waals surface area contributed by atoms with Crippen LogP contribution in [-0.4, -0.2) is 56.7 Å². The average Bonchev–Trinajstić information content (AvgIpc) is 2.74. The van der Waals surface area contributed by atoms with Gasteiger partial charge in [-0.1, -0.05) is 29.8 Å². The first-order valence-electron chi connectivity index (χ1n) is 9.42. The highest BCUT2D eigenvalue weighted by atomic mass is 16.5. The molecule has 28 heavy (non-hydrogen) atoms. The molecule has 6 heteroatoms. The average molecular weight is 382 g/mol. The van der Waals surface area contributed by atoms with E-state index in [0.29, 0.717) is 24.3 Å². The minimum absolute atomic E-state index is 0.133. The Kier molecular flexibility index (Phi) is 6.79. The van der Waals surface area contributed by atoms with E-state index in [0.717, 1.165) is 25.2 Å². The Hall–Kier alpha value is -2.70. The summed E-state index contributed by atoms with van der Waals surface area (Å²) in [5.74, 6) is -0.591. The van der Waals surface area contributed by atoms with Crippen LogP contribution in [0.2, 0.25) is 0 Å². The molecular formula is C22H26N2O4. The Morgan fingerprint density at radius 1 is 1.04 bits per heavy atom. The van der Waals surface area contributed by atoms with Gasteiger partial charge in [-0.25, -0.2) is 4.79 Å². The van der Waals surface area contributed by atoms with Gasteiger partial charge in [0.1, 0.15) is 0 Å². The van der Waals surface area contributed by atoms with E-state index < -0.39 is 5.97 Å². The second-order valence-corrected chi connectivity index (χ2v) is 6.92. The molecule has 1 aliphatic rings. The van der Waals surface area contributed by atoms with Gasteiger partial charge in [-0.2, -0.15) is 0 Å². The summed E-state index contributed by atoms with van der Waals surface area (Å²) in [7, 11) is 1.33. The number of ether oxygens (including phenoxy) is 2. The van der Waals surface area contributed by atoms with Gasteiger partial charge in [0.25, 0.3) is 5.91 Å². The number of hydrogen-bond donors (Lipinski definition) is 1. The van der Waals surface area contributed by atoms with Crippen molar-refractivity contribution in [3.63, 3.8) is 0 Å². The van der Waals surface area contributed by atoms with Crippen LogP contribution >= 0.6 is 0 Å². The predicted molar refractivity (Wildman–Crippen MR) is 106 cm³/mol. The molecule has 0 saturated carbocycles. The number of esters is 1.